The Hall–Kier alpha value is -1.68. The average Bonchev–Trinajstić information content (AvgIpc) is 2.83. The second kappa shape index (κ2) is 6.18. The predicted octanol–water partition coefficient (Wildman–Crippen LogP) is 3.56. The van der Waals surface area contributed by atoms with Crippen LogP contribution >= 0.6 is 0 Å². The SMILES string of the molecule is N[C@@H](c1ccccc1)c1nc(C2CCCCCC2)no1. The van der Waals surface area contributed by atoms with E-state index in [9.17, 15) is 0 Å². The number of aromatic nitrogens is 2. The Morgan fingerprint density at radius 3 is 2.45 bits per heavy atom. The molecule has 4 heteroatoms. The first kappa shape index (κ1) is 13.3. The van der Waals surface area contributed by atoms with E-state index in [1.54, 1.807) is 0 Å². The van der Waals surface area contributed by atoms with Gasteiger partial charge in [0, 0.05) is 5.92 Å². The van der Waals surface area contributed by atoms with Crippen LogP contribution in [0.25, 0.3) is 0 Å². The first-order valence-corrected chi connectivity index (χ1v) is 7.48. The minimum Gasteiger partial charge on any atom is -0.337 e. The van der Waals surface area contributed by atoms with Crippen LogP contribution in [0.3, 0.4) is 0 Å². The molecule has 106 valence electrons. The van der Waals surface area contributed by atoms with E-state index in [-0.39, 0.29) is 6.04 Å². The van der Waals surface area contributed by atoms with Crippen LogP contribution in [0.2, 0.25) is 0 Å². The summed E-state index contributed by atoms with van der Waals surface area (Å²) in [4.78, 5) is 4.55. The van der Waals surface area contributed by atoms with E-state index in [0.717, 1.165) is 11.4 Å². The highest BCUT2D eigenvalue weighted by Gasteiger charge is 2.22. The molecule has 1 aliphatic carbocycles. The van der Waals surface area contributed by atoms with Crippen LogP contribution < -0.4 is 5.73 Å². The Balaban J connectivity index is 1.76. The summed E-state index contributed by atoms with van der Waals surface area (Å²) in [5.41, 5.74) is 7.20. The Labute approximate surface area is 119 Å². The zero-order chi connectivity index (χ0) is 13.8. The van der Waals surface area contributed by atoms with Gasteiger partial charge in [-0.15, -0.1) is 0 Å². The molecule has 0 bridgehead atoms. The van der Waals surface area contributed by atoms with E-state index in [1.807, 2.05) is 30.3 Å². The van der Waals surface area contributed by atoms with Crippen LogP contribution in [-0.4, -0.2) is 10.1 Å². The van der Waals surface area contributed by atoms with Gasteiger partial charge in [0.05, 0.1) is 0 Å². The zero-order valence-corrected chi connectivity index (χ0v) is 11.7. The molecule has 1 saturated carbocycles. The van der Waals surface area contributed by atoms with Gasteiger partial charge in [0.25, 0.3) is 0 Å². The quantitative estimate of drug-likeness (QED) is 0.867. The van der Waals surface area contributed by atoms with Crippen molar-refractivity contribution in [2.24, 2.45) is 5.73 Å². The van der Waals surface area contributed by atoms with Crippen LogP contribution in [0, 0.1) is 0 Å². The number of nitrogens with zero attached hydrogens (tertiary/aromatic N) is 2. The lowest BCUT2D eigenvalue weighted by Crippen LogP contribution is -2.12. The van der Waals surface area contributed by atoms with Gasteiger partial charge in [-0.2, -0.15) is 4.98 Å². The number of hydrogen-bond donors (Lipinski definition) is 1. The number of benzene rings is 1. The van der Waals surface area contributed by atoms with Crippen molar-refractivity contribution in [3.8, 4) is 0 Å². The van der Waals surface area contributed by atoms with Crippen molar-refractivity contribution in [1.29, 1.82) is 0 Å². The lowest BCUT2D eigenvalue weighted by atomic mass is 10.00. The molecule has 1 aromatic heterocycles. The van der Waals surface area contributed by atoms with Crippen LogP contribution in [0.5, 0.6) is 0 Å². The Bertz CT molecular complexity index is 530. The summed E-state index contributed by atoms with van der Waals surface area (Å²) in [7, 11) is 0. The van der Waals surface area contributed by atoms with Crippen molar-refractivity contribution >= 4 is 0 Å². The predicted molar refractivity (Wildman–Crippen MR) is 77.2 cm³/mol. The maximum atomic E-state index is 6.19. The molecule has 3 rings (SSSR count). The highest BCUT2D eigenvalue weighted by atomic mass is 16.5. The summed E-state index contributed by atoms with van der Waals surface area (Å²) in [5.74, 6) is 1.81. The van der Waals surface area contributed by atoms with Crippen molar-refractivity contribution in [2.75, 3.05) is 0 Å². The third-order valence-corrected chi connectivity index (χ3v) is 4.10. The molecule has 2 N–H and O–H groups in total. The fraction of sp³-hybridized carbons (Fsp3) is 0.500. The second-order valence-corrected chi connectivity index (χ2v) is 5.57. The largest absolute Gasteiger partial charge is 0.337 e. The van der Waals surface area contributed by atoms with Gasteiger partial charge in [-0.05, 0) is 18.4 Å². The van der Waals surface area contributed by atoms with Crippen molar-refractivity contribution < 1.29 is 4.52 Å². The maximum Gasteiger partial charge on any atom is 0.248 e. The van der Waals surface area contributed by atoms with Crippen molar-refractivity contribution in [3.63, 3.8) is 0 Å². The smallest absolute Gasteiger partial charge is 0.248 e. The zero-order valence-electron chi connectivity index (χ0n) is 11.7. The van der Waals surface area contributed by atoms with Crippen LogP contribution in [-0.2, 0) is 0 Å². The van der Waals surface area contributed by atoms with Gasteiger partial charge in [-0.3, -0.25) is 0 Å². The van der Waals surface area contributed by atoms with E-state index in [4.69, 9.17) is 10.3 Å². The van der Waals surface area contributed by atoms with E-state index < -0.39 is 0 Å². The van der Waals surface area contributed by atoms with Gasteiger partial charge in [-0.1, -0.05) is 61.2 Å². The third-order valence-electron chi connectivity index (χ3n) is 4.10. The Morgan fingerprint density at radius 1 is 1.05 bits per heavy atom. The van der Waals surface area contributed by atoms with E-state index in [0.29, 0.717) is 11.8 Å². The second-order valence-electron chi connectivity index (χ2n) is 5.57. The lowest BCUT2D eigenvalue weighted by Gasteiger charge is -2.08. The lowest BCUT2D eigenvalue weighted by molar-refractivity contribution is 0.357. The number of nitrogens with two attached hydrogens (primary N) is 1. The molecule has 0 saturated heterocycles. The molecule has 1 aliphatic rings. The minimum absolute atomic E-state index is 0.330. The highest BCUT2D eigenvalue weighted by Crippen LogP contribution is 2.30. The van der Waals surface area contributed by atoms with Crippen LogP contribution in [0.15, 0.2) is 34.9 Å². The summed E-state index contributed by atoms with van der Waals surface area (Å²) in [5, 5.41) is 4.16. The molecule has 20 heavy (non-hydrogen) atoms. The normalized spacial score (nSPS) is 18.6. The molecule has 4 nitrogen and oxygen atoms in total. The van der Waals surface area contributed by atoms with Gasteiger partial charge in [-0.25, -0.2) is 0 Å². The molecule has 1 heterocycles. The topological polar surface area (TPSA) is 64.9 Å². The maximum absolute atomic E-state index is 6.19. The molecule has 0 aliphatic heterocycles. The summed E-state index contributed by atoms with van der Waals surface area (Å²) in [6.07, 6.45) is 7.51. The first-order valence-electron chi connectivity index (χ1n) is 7.48. The summed E-state index contributed by atoms with van der Waals surface area (Å²) in [6.45, 7) is 0. The highest BCUT2D eigenvalue weighted by molar-refractivity contribution is 5.23. The summed E-state index contributed by atoms with van der Waals surface area (Å²) < 4.78 is 5.39. The minimum atomic E-state index is -0.330. The van der Waals surface area contributed by atoms with E-state index >= 15 is 0 Å². The third kappa shape index (κ3) is 2.90. The molecule has 2 aromatic rings. The Morgan fingerprint density at radius 2 is 1.75 bits per heavy atom. The standard InChI is InChI=1S/C16H21N3O/c17-14(12-8-6-3-7-9-12)16-18-15(19-20-16)13-10-4-1-2-5-11-13/h3,6-9,13-14H,1-2,4-5,10-11,17H2/t14-/m0/s1. The number of hydrogen-bond acceptors (Lipinski definition) is 4. The molecule has 1 fully saturated rings. The van der Waals surface area contributed by atoms with Gasteiger partial charge in [0.1, 0.15) is 6.04 Å². The molecular weight excluding hydrogens is 250 g/mol. The van der Waals surface area contributed by atoms with Gasteiger partial charge < -0.3 is 10.3 Å². The van der Waals surface area contributed by atoms with E-state index in [1.165, 1.54) is 38.5 Å². The van der Waals surface area contributed by atoms with Gasteiger partial charge in [0.15, 0.2) is 5.82 Å². The molecule has 0 amide bonds. The summed E-state index contributed by atoms with van der Waals surface area (Å²) in [6, 6.07) is 9.56. The van der Waals surface area contributed by atoms with Crippen molar-refractivity contribution in [3.05, 3.63) is 47.6 Å². The molecule has 0 unspecified atom stereocenters. The molecule has 1 aromatic carbocycles. The van der Waals surface area contributed by atoms with Crippen LogP contribution in [0.1, 0.15) is 67.8 Å². The van der Waals surface area contributed by atoms with Crippen molar-refractivity contribution in [2.45, 2.75) is 50.5 Å². The van der Waals surface area contributed by atoms with Gasteiger partial charge in [0.2, 0.25) is 5.89 Å². The summed E-state index contributed by atoms with van der Waals surface area (Å²) >= 11 is 0. The van der Waals surface area contributed by atoms with Gasteiger partial charge >= 0.3 is 0 Å². The molecule has 1 atom stereocenters. The number of rotatable bonds is 3. The molecule has 0 radical (unpaired) electrons. The first-order chi connectivity index (χ1) is 9.84. The van der Waals surface area contributed by atoms with Crippen molar-refractivity contribution in [1.82, 2.24) is 10.1 Å². The molecular formula is C16H21N3O. The molecule has 0 spiro atoms. The Kier molecular flexibility index (Phi) is 4.11. The fourth-order valence-electron chi connectivity index (χ4n) is 2.88. The fourth-order valence-corrected chi connectivity index (χ4v) is 2.88. The average molecular weight is 271 g/mol. The monoisotopic (exact) mass is 271 g/mol. The van der Waals surface area contributed by atoms with E-state index in [2.05, 4.69) is 10.1 Å². The van der Waals surface area contributed by atoms with Crippen LogP contribution in [0.4, 0.5) is 0 Å².